The molecule has 1 aromatic heterocycles. The van der Waals surface area contributed by atoms with E-state index in [0.717, 1.165) is 6.07 Å². The summed E-state index contributed by atoms with van der Waals surface area (Å²) in [6.45, 7) is 0.285. The highest BCUT2D eigenvalue weighted by Gasteiger charge is 2.10. The lowest BCUT2D eigenvalue weighted by Gasteiger charge is -2.18. The summed E-state index contributed by atoms with van der Waals surface area (Å²) in [5, 5.41) is 0. The Labute approximate surface area is 103 Å². The van der Waals surface area contributed by atoms with Gasteiger partial charge in [-0.2, -0.15) is 0 Å². The Kier molecular flexibility index (Phi) is 3.36. The van der Waals surface area contributed by atoms with Crippen LogP contribution in [-0.2, 0) is 6.54 Å². The van der Waals surface area contributed by atoms with Gasteiger partial charge in [0.2, 0.25) is 0 Å². The monoisotopic (exact) mass is 250 g/mol. The highest BCUT2D eigenvalue weighted by Crippen LogP contribution is 2.19. The Morgan fingerprint density at radius 3 is 2.72 bits per heavy atom. The number of hydrogen-bond acceptors (Lipinski definition) is 4. The van der Waals surface area contributed by atoms with Crippen LogP contribution in [0.2, 0.25) is 0 Å². The van der Waals surface area contributed by atoms with Gasteiger partial charge in [-0.15, -0.1) is 0 Å². The number of nitrogen functional groups attached to an aromatic ring is 1. The maximum atomic E-state index is 13.5. The van der Waals surface area contributed by atoms with Crippen LogP contribution in [0.4, 0.5) is 20.3 Å². The number of nitrogens with zero attached hydrogens (tertiary/aromatic N) is 3. The third kappa shape index (κ3) is 2.71. The molecule has 2 rings (SSSR count). The fourth-order valence-electron chi connectivity index (χ4n) is 1.58. The van der Waals surface area contributed by atoms with Gasteiger partial charge in [-0.05, 0) is 18.2 Å². The topological polar surface area (TPSA) is 55.0 Å². The van der Waals surface area contributed by atoms with Crippen LogP contribution < -0.4 is 10.6 Å². The molecule has 0 bridgehead atoms. The summed E-state index contributed by atoms with van der Waals surface area (Å²) >= 11 is 0. The highest BCUT2D eigenvalue weighted by atomic mass is 19.1. The largest absolute Gasteiger partial charge is 0.384 e. The van der Waals surface area contributed by atoms with Gasteiger partial charge in [-0.1, -0.05) is 0 Å². The first-order chi connectivity index (χ1) is 8.56. The third-order valence-corrected chi connectivity index (χ3v) is 2.43. The van der Waals surface area contributed by atoms with Crippen molar-refractivity contribution in [2.75, 3.05) is 17.7 Å². The van der Waals surface area contributed by atoms with E-state index in [4.69, 9.17) is 5.73 Å². The molecular weight excluding hydrogens is 238 g/mol. The van der Waals surface area contributed by atoms with Crippen molar-refractivity contribution in [3.05, 3.63) is 47.9 Å². The van der Waals surface area contributed by atoms with E-state index in [-0.39, 0.29) is 12.2 Å². The number of anilines is 2. The molecule has 0 aliphatic heterocycles. The minimum atomic E-state index is -0.624. The van der Waals surface area contributed by atoms with Gasteiger partial charge in [-0.25, -0.2) is 18.7 Å². The van der Waals surface area contributed by atoms with Gasteiger partial charge in [0.25, 0.3) is 0 Å². The van der Waals surface area contributed by atoms with Crippen LogP contribution in [0.1, 0.15) is 5.82 Å². The molecule has 1 heterocycles. The van der Waals surface area contributed by atoms with Crippen molar-refractivity contribution < 1.29 is 8.78 Å². The molecule has 0 radical (unpaired) electrons. The smallest absolute Gasteiger partial charge is 0.149 e. The summed E-state index contributed by atoms with van der Waals surface area (Å²) in [5.41, 5.74) is 5.81. The minimum Gasteiger partial charge on any atom is -0.384 e. The Bertz CT molecular complexity index is 560. The number of benzene rings is 1. The van der Waals surface area contributed by atoms with E-state index in [1.54, 1.807) is 18.0 Å². The van der Waals surface area contributed by atoms with Crippen LogP contribution in [0, 0.1) is 11.6 Å². The van der Waals surface area contributed by atoms with Crippen LogP contribution in [0.25, 0.3) is 0 Å². The summed E-state index contributed by atoms with van der Waals surface area (Å²) < 4.78 is 26.3. The van der Waals surface area contributed by atoms with E-state index < -0.39 is 11.6 Å². The summed E-state index contributed by atoms with van der Waals surface area (Å²) in [5.74, 6) is -0.402. The predicted octanol–water partition coefficient (Wildman–Crippen LogP) is 1.97. The fourth-order valence-corrected chi connectivity index (χ4v) is 1.58. The molecule has 0 aliphatic carbocycles. The molecule has 0 aliphatic rings. The summed E-state index contributed by atoms with van der Waals surface area (Å²) in [6, 6.07) is 4.99. The van der Waals surface area contributed by atoms with Crippen molar-refractivity contribution in [1.29, 1.82) is 0 Å². The highest BCUT2D eigenvalue weighted by molar-refractivity contribution is 5.47. The number of rotatable bonds is 3. The molecule has 2 N–H and O–H groups in total. The number of halogens is 2. The van der Waals surface area contributed by atoms with E-state index in [1.165, 1.54) is 18.3 Å². The van der Waals surface area contributed by atoms with Gasteiger partial charge in [-0.3, -0.25) is 0 Å². The number of hydrogen-bond donors (Lipinski definition) is 1. The summed E-state index contributed by atoms with van der Waals surface area (Å²) in [6.07, 6.45) is 1.53. The second kappa shape index (κ2) is 4.95. The van der Waals surface area contributed by atoms with Gasteiger partial charge >= 0.3 is 0 Å². The standard InChI is InChI=1S/C12H12F2N4/c1-18(7-12-16-5-4-11(15)17-12)10-3-2-8(13)6-9(10)14/h2-6H,7H2,1H3,(H2,15,16,17). The van der Waals surface area contributed by atoms with Crippen LogP contribution in [-0.4, -0.2) is 17.0 Å². The lowest BCUT2D eigenvalue weighted by atomic mass is 10.2. The molecule has 0 atom stereocenters. The minimum absolute atomic E-state index is 0.280. The zero-order valence-corrected chi connectivity index (χ0v) is 9.77. The average Bonchev–Trinajstić information content (AvgIpc) is 2.28. The third-order valence-electron chi connectivity index (χ3n) is 2.43. The molecule has 0 unspecified atom stereocenters. The molecule has 0 saturated carbocycles. The van der Waals surface area contributed by atoms with Gasteiger partial charge in [0.05, 0.1) is 12.2 Å². The molecule has 94 valence electrons. The molecule has 18 heavy (non-hydrogen) atoms. The van der Waals surface area contributed by atoms with Gasteiger partial charge in [0.1, 0.15) is 23.3 Å². The number of nitrogens with two attached hydrogens (primary N) is 1. The van der Waals surface area contributed by atoms with E-state index in [0.29, 0.717) is 11.6 Å². The van der Waals surface area contributed by atoms with Crippen LogP contribution in [0.3, 0.4) is 0 Å². The van der Waals surface area contributed by atoms with Gasteiger partial charge in [0.15, 0.2) is 0 Å². The SMILES string of the molecule is CN(Cc1nccc(N)n1)c1ccc(F)cc1F. The van der Waals surface area contributed by atoms with Crippen molar-refractivity contribution in [2.24, 2.45) is 0 Å². The zero-order chi connectivity index (χ0) is 13.1. The molecular formula is C12H12F2N4. The normalized spacial score (nSPS) is 10.4. The molecule has 2 aromatic rings. The molecule has 1 aromatic carbocycles. The van der Waals surface area contributed by atoms with Crippen molar-refractivity contribution in [2.45, 2.75) is 6.54 Å². The van der Waals surface area contributed by atoms with Crippen molar-refractivity contribution >= 4 is 11.5 Å². The van der Waals surface area contributed by atoms with Crippen LogP contribution in [0.5, 0.6) is 0 Å². The Morgan fingerprint density at radius 1 is 1.28 bits per heavy atom. The Morgan fingerprint density at radius 2 is 2.06 bits per heavy atom. The predicted molar refractivity (Wildman–Crippen MR) is 64.9 cm³/mol. The zero-order valence-electron chi connectivity index (χ0n) is 9.77. The lowest BCUT2D eigenvalue weighted by Crippen LogP contribution is -2.19. The quantitative estimate of drug-likeness (QED) is 0.904. The van der Waals surface area contributed by atoms with Crippen LogP contribution >= 0.6 is 0 Å². The van der Waals surface area contributed by atoms with Crippen molar-refractivity contribution in [1.82, 2.24) is 9.97 Å². The molecule has 4 nitrogen and oxygen atoms in total. The van der Waals surface area contributed by atoms with Crippen LogP contribution in [0.15, 0.2) is 30.5 Å². The van der Waals surface area contributed by atoms with E-state index >= 15 is 0 Å². The Balaban J connectivity index is 2.19. The first-order valence-electron chi connectivity index (χ1n) is 5.30. The van der Waals surface area contributed by atoms with Gasteiger partial charge < -0.3 is 10.6 Å². The fraction of sp³-hybridized carbons (Fsp3) is 0.167. The van der Waals surface area contributed by atoms with E-state index in [2.05, 4.69) is 9.97 Å². The average molecular weight is 250 g/mol. The van der Waals surface area contributed by atoms with E-state index in [1.807, 2.05) is 0 Å². The first-order valence-corrected chi connectivity index (χ1v) is 5.30. The molecule has 0 fully saturated rings. The molecule has 0 spiro atoms. The first kappa shape index (κ1) is 12.2. The second-order valence-corrected chi connectivity index (χ2v) is 3.85. The summed E-state index contributed by atoms with van der Waals surface area (Å²) in [4.78, 5) is 9.62. The second-order valence-electron chi connectivity index (χ2n) is 3.85. The molecule has 6 heteroatoms. The van der Waals surface area contributed by atoms with E-state index in [9.17, 15) is 8.78 Å². The summed E-state index contributed by atoms with van der Waals surface area (Å²) in [7, 11) is 1.67. The maximum absolute atomic E-state index is 13.5. The lowest BCUT2D eigenvalue weighted by molar-refractivity contribution is 0.580. The Hall–Kier alpha value is -2.24. The van der Waals surface area contributed by atoms with Crippen molar-refractivity contribution in [3.8, 4) is 0 Å². The number of aromatic nitrogens is 2. The molecule has 0 amide bonds. The van der Waals surface area contributed by atoms with Crippen molar-refractivity contribution in [3.63, 3.8) is 0 Å². The van der Waals surface area contributed by atoms with Gasteiger partial charge in [0, 0.05) is 19.3 Å². The maximum Gasteiger partial charge on any atom is 0.149 e. The molecule has 0 saturated heterocycles.